The maximum atomic E-state index is 5.90. The van der Waals surface area contributed by atoms with Crippen molar-refractivity contribution in [3.05, 3.63) is 29.3 Å². The molecule has 0 unspecified atom stereocenters. The van der Waals surface area contributed by atoms with Crippen LogP contribution in [0.2, 0.25) is 5.02 Å². The fourth-order valence-corrected chi connectivity index (χ4v) is 2.67. The number of thioether (sulfide) groups is 1. The lowest BCUT2D eigenvalue weighted by Crippen LogP contribution is -1.99. The van der Waals surface area contributed by atoms with Gasteiger partial charge in [-0.25, -0.2) is 0 Å². The number of nitrogens with zero attached hydrogens (tertiary/aromatic N) is 3. The summed E-state index contributed by atoms with van der Waals surface area (Å²) in [6.07, 6.45) is 1.14. The lowest BCUT2D eigenvalue weighted by atomic mass is 10.2. The predicted octanol–water partition coefficient (Wildman–Crippen LogP) is 4.12. The van der Waals surface area contributed by atoms with Crippen LogP contribution >= 0.6 is 23.4 Å². The molecule has 1 heterocycles. The highest BCUT2D eigenvalue weighted by atomic mass is 35.5. The first-order valence-corrected chi connectivity index (χ1v) is 7.44. The van der Waals surface area contributed by atoms with Crippen molar-refractivity contribution in [1.82, 2.24) is 14.8 Å². The van der Waals surface area contributed by atoms with Crippen LogP contribution in [0.15, 0.2) is 29.4 Å². The van der Waals surface area contributed by atoms with Crippen LogP contribution in [-0.4, -0.2) is 20.5 Å². The van der Waals surface area contributed by atoms with Crippen molar-refractivity contribution in [2.45, 2.75) is 32.0 Å². The summed E-state index contributed by atoms with van der Waals surface area (Å²) in [6, 6.07) is 7.72. The first kappa shape index (κ1) is 13.4. The van der Waals surface area contributed by atoms with Crippen LogP contribution in [0.3, 0.4) is 0 Å². The Labute approximate surface area is 117 Å². The third kappa shape index (κ3) is 2.87. The Kier molecular flexibility index (Phi) is 4.66. The van der Waals surface area contributed by atoms with Crippen molar-refractivity contribution in [1.29, 1.82) is 0 Å². The monoisotopic (exact) mass is 281 g/mol. The molecule has 0 aliphatic heterocycles. The van der Waals surface area contributed by atoms with Gasteiger partial charge in [0.1, 0.15) is 0 Å². The van der Waals surface area contributed by atoms with Crippen molar-refractivity contribution >= 4 is 23.4 Å². The minimum Gasteiger partial charge on any atom is -0.302 e. The zero-order chi connectivity index (χ0) is 13.0. The van der Waals surface area contributed by atoms with E-state index < -0.39 is 0 Å². The fourth-order valence-electron chi connectivity index (χ4n) is 1.69. The second-order valence-corrected chi connectivity index (χ2v) is 5.40. The highest BCUT2D eigenvalue weighted by Gasteiger charge is 2.12. The molecule has 0 spiro atoms. The van der Waals surface area contributed by atoms with Crippen LogP contribution in [0.5, 0.6) is 0 Å². The first-order valence-electron chi connectivity index (χ1n) is 6.08. The Balaban J connectivity index is 2.33. The van der Waals surface area contributed by atoms with Crippen molar-refractivity contribution < 1.29 is 0 Å². The van der Waals surface area contributed by atoms with Gasteiger partial charge in [0.25, 0.3) is 0 Å². The Morgan fingerprint density at radius 2 is 1.89 bits per heavy atom. The van der Waals surface area contributed by atoms with Gasteiger partial charge in [-0.1, -0.05) is 30.3 Å². The van der Waals surface area contributed by atoms with E-state index in [0.29, 0.717) is 0 Å². The Morgan fingerprint density at radius 1 is 1.17 bits per heavy atom. The molecule has 1 aromatic heterocycles. The number of hydrogen-bond donors (Lipinski definition) is 0. The zero-order valence-corrected chi connectivity index (χ0v) is 12.1. The zero-order valence-electron chi connectivity index (χ0n) is 10.6. The SMILES string of the molecule is CCCSc1nnc(-c2ccc(Cl)cc2)n1CC. The van der Waals surface area contributed by atoms with Crippen molar-refractivity contribution in [2.75, 3.05) is 5.75 Å². The molecule has 0 radical (unpaired) electrons. The first-order chi connectivity index (χ1) is 8.76. The highest BCUT2D eigenvalue weighted by molar-refractivity contribution is 7.99. The summed E-state index contributed by atoms with van der Waals surface area (Å²) in [7, 11) is 0. The molecule has 2 aromatic rings. The molecule has 18 heavy (non-hydrogen) atoms. The van der Waals surface area contributed by atoms with Gasteiger partial charge < -0.3 is 4.57 Å². The number of rotatable bonds is 5. The van der Waals surface area contributed by atoms with Crippen LogP contribution in [0, 0.1) is 0 Å². The third-order valence-electron chi connectivity index (χ3n) is 2.57. The van der Waals surface area contributed by atoms with Gasteiger partial charge in [-0.2, -0.15) is 0 Å². The molecule has 0 fully saturated rings. The summed E-state index contributed by atoms with van der Waals surface area (Å²) in [4.78, 5) is 0. The molecule has 2 rings (SSSR count). The second-order valence-electron chi connectivity index (χ2n) is 3.91. The minimum atomic E-state index is 0.738. The van der Waals surface area contributed by atoms with Crippen LogP contribution in [0.4, 0.5) is 0 Å². The molecule has 1 aromatic carbocycles. The van der Waals surface area contributed by atoms with E-state index in [1.165, 1.54) is 0 Å². The molecule has 0 aliphatic rings. The third-order valence-corrected chi connectivity index (χ3v) is 4.00. The minimum absolute atomic E-state index is 0.738. The molecule has 5 heteroatoms. The molecule has 0 saturated heterocycles. The van der Waals surface area contributed by atoms with Crippen LogP contribution in [0.1, 0.15) is 20.3 Å². The van der Waals surface area contributed by atoms with Crippen LogP contribution < -0.4 is 0 Å². The number of benzene rings is 1. The van der Waals surface area contributed by atoms with E-state index in [4.69, 9.17) is 11.6 Å². The van der Waals surface area contributed by atoms with Crippen molar-refractivity contribution in [2.24, 2.45) is 0 Å². The quantitative estimate of drug-likeness (QED) is 0.773. The lowest BCUT2D eigenvalue weighted by Gasteiger charge is -2.06. The van der Waals surface area contributed by atoms with E-state index in [-0.39, 0.29) is 0 Å². The molecule has 3 nitrogen and oxygen atoms in total. The second kappa shape index (κ2) is 6.25. The predicted molar refractivity (Wildman–Crippen MR) is 77.2 cm³/mol. The molecule has 96 valence electrons. The van der Waals surface area contributed by atoms with Gasteiger partial charge in [0.15, 0.2) is 11.0 Å². The average Bonchev–Trinajstić information content (AvgIpc) is 2.80. The van der Waals surface area contributed by atoms with E-state index in [9.17, 15) is 0 Å². The summed E-state index contributed by atoms with van der Waals surface area (Å²) in [6.45, 7) is 5.15. The van der Waals surface area contributed by atoms with E-state index in [1.54, 1.807) is 11.8 Å². The van der Waals surface area contributed by atoms with Gasteiger partial charge >= 0.3 is 0 Å². The number of aromatic nitrogens is 3. The Morgan fingerprint density at radius 3 is 2.50 bits per heavy atom. The van der Waals surface area contributed by atoms with Gasteiger partial charge in [-0.05, 0) is 37.6 Å². The largest absolute Gasteiger partial charge is 0.302 e. The van der Waals surface area contributed by atoms with E-state index in [1.807, 2.05) is 24.3 Å². The van der Waals surface area contributed by atoms with Crippen LogP contribution in [-0.2, 0) is 6.54 Å². The molecule has 0 saturated carbocycles. The van der Waals surface area contributed by atoms with Gasteiger partial charge in [-0.15, -0.1) is 10.2 Å². The normalized spacial score (nSPS) is 10.8. The summed E-state index contributed by atoms with van der Waals surface area (Å²) >= 11 is 7.65. The molecular weight excluding hydrogens is 266 g/mol. The van der Waals surface area contributed by atoms with Crippen LogP contribution in [0.25, 0.3) is 11.4 Å². The summed E-state index contributed by atoms with van der Waals surface area (Å²) in [5.74, 6) is 1.98. The van der Waals surface area contributed by atoms with E-state index in [0.717, 1.165) is 40.3 Å². The highest BCUT2D eigenvalue weighted by Crippen LogP contribution is 2.25. The molecular formula is C13H16ClN3S. The number of halogens is 1. The standard InChI is InChI=1S/C13H16ClN3S/c1-3-9-18-13-16-15-12(17(13)4-2)10-5-7-11(14)8-6-10/h5-8H,3-4,9H2,1-2H3. The van der Waals surface area contributed by atoms with Gasteiger partial charge in [0.2, 0.25) is 0 Å². The van der Waals surface area contributed by atoms with Gasteiger partial charge in [-0.3, -0.25) is 0 Å². The van der Waals surface area contributed by atoms with Crippen molar-refractivity contribution in [3.63, 3.8) is 0 Å². The summed E-state index contributed by atoms with van der Waals surface area (Å²) in [5, 5.41) is 10.3. The molecule has 0 N–H and O–H groups in total. The molecule has 0 bridgehead atoms. The van der Waals surface area contributed by atoms with E-state index in [2.05, 4.69) is 28.6 Å². The lowest BCUT2D eigenvalue weighted by molar-refractivity contribution is 0.687. The van der Waals surface area contributed by atoms with Gasteiger partial charge in [0, 0.05) is 22.9 Å². The van der Waals surface area contributed by atoms with Gasteiger partial charge in [0.05, 0.1) is 0 Å². The molecule has 0 amide bonds. The number of hydrogen-bond acceptors (Lipinski definition) is 3. The Bertz CT molecular complexity index is 507. The smallest absolute Gasteiger partial charge is 0.191 e. The summed E-state index contributed by atoms with van der Waals surface area (Å²) < 4.78 is 2.14. The fraction of sp³-hybridized carbons (Fsp3) is 0.385. The maximum absolute atomic E-state index is 5.90. The van der Waals surface area contributed by atoms with E-state index >= 15 is 0 Å². The molecule has 0 aliphatic carbocycles. The average molecular weight is 282 g/mol. The maximum Gasteiger partial charge on any atom is 0.191 e. The molecule has 0 atom stereocenters. The topological polar surface area (TPSA) is 30.7 Å². The van der Waals surface area contributed by atoms with Crippen molar-refractivity contribution in [3.8, 4) is 11.4 Å². The Hall–Kier alpha value is -1.00. The summed E-state index contributed by atoms with van der Waals surface area (Å²) in [5.41, 5.74) is 1.05.